The van der Waals surface area contributed by atoms with E-state index in [1.807, 2.05) is 104 Å². The third kappa shape index (κ3) is 4.85. The minimum atomic E-state index is -0.419. The number of rotatable bonds is 9. The maximum atomic E-state index is 14.0. The molecule has 0 radical (unpaired) electrons. The maximum Gasteiger partial charge on any atom is 0.278 e. The summed E-state index contributed by atoms with van der Waals surface area (Å²) >= 11 is 0. The van der Waals surface area contributed by atoms with Crippen LogP contribution in [0, 0.1) is 6.92 Å². The monoisotopic (exact) mass is 507 g/mol. The molecular formula is C31H33N5O2. The van der Waals surface area contributed by atoms with Crippen molar-refractivity contribution < 1.29 is 4.79 Å². The largest absolute Gasteiger partial charge is 0.330 e. The number of carbonyl (C=O) groups is 1. The van der Waals surface area contributed by atoms with Crippen LogP contribution in [0.25, 0.3) is 16.4 Å². The molecule has 3 aromatic carbocycles. The van der Waals surface area contributed by atoms with E-state index in [-0.39, 0.29) is 11.5 Å². The SMILES string of the molecule is CCC(c1nn2c(cc3ccccc32)c(=O)n1Cc1ccccc1)N(CCCN)C(=O)c1ccc(C)cc1. The minimum absolute atomic E-state index is 0.0942. The summed E-state index contributed by atoms with van der Waals surface area (Å²) in [5, 5.41) is 6.01. The molecule has 194 valence electrons. The third-order valence-corrected chi connectivity index (χ3v) is 7.04. The molecule has 0 saturated heterocycles. The van der Waals surface area contributed by atoms with Gasteiger partial charge in [-0.2, -0.15) is 5.10 Å². The van der Waals surface area contributed by atoms with Crippen molar-refractivity contribution in [3.05, 3.63) is 118 Å². The predicted molar refractivity (Wildman–Crippen MR) is 151 cm³/mol. The number of amides is 1. The summed E-state index contributed by atoms with van der Waals surface area (Å²) in [4.78, 5) is 29.7. The van der Waals surface area contributed by atoms with Crippen molar-refractivity contribution >= 4 is 22.3 Å². The third-order valence-electron chi connectivity index (χ3n) is 7.04. The van der Waals surface area contributed by atoms with Crippen molar-refractivity contribution in [1.29, 1.82) is 0 Å². The van der Waals surface area contributed by atoms with Gasteiger partial charge in [-0.15, -0.1) is 0 Å². The van der Waals surface area contributed by atoms with Gasteiger partial charge in [-0.3, -0.25) is 14.2 Å². The van der Waals surface area contributed by atoms with Gasteiger partial charge in [-0.25, -0.2) is 4.52 Å². The second-order valence-corrected chi connectivity index (χ2v) is 9.67. The number of nitrogens with zero attached hydrogens (tertiary/aromatic N) is 4. The molecule has 1 amide bonds. The molecule has 38 heavy (non-hydrogen) atoms. The van der Waals surface area contributed by atoms with Crippen LogP contribution in [0.3, 0.4) is 0 Å². The van der Waals surface area contributed by atoms with E-state index in [0.717, 1.165) is 22.0 Å². The molecule has 2 heterocycles. The van der Waals surface area contributed by atoms with Crippen LogP contribution in [0.1, 0.15) is 53.1 Å². The van der Waals surface area contributed by atoms with E-state index in [2.05, 4.69) is 0 Å². The van der Waals surface area contributed by atoms with Crippen molar-refractivity contribution in [2.45, 2.75) is 39.3 Å². The van der Waals surface area contributed by atoms with Crippen LogP contribution >= 0.6 is 0 Å². The Morgan fingerprint density at radius 3 is 2.39 bits per heavy atom. The Labute approximate surface area is 222 Å². The first-order chi connectivity index (χ1) is 18.5. The van der Waals surface area contributed by atoms with Gasteiger partial charge < -0.3 is 10.6 Å². The van der Waals surface area contributed by atoms with Gasteiger partial charge in [-0.1, -0.05) is 73.2 Å². The zero-order chi connectivity index (χ0) is 26.6. The summed E-state index contributed by atoms with van der Waals surface area (Å²) in [6.45, 7) is 5.31. The van der Waals surface area contributed by atoms with Crippen molar-refractivity contribution in [3.8, 4) is 0 Å². The van der Waals surface area contributed by atoms with Crippen molar-refractivity contribution in [2.75, 3.05) is 13.1 Å². The van der Waals surface area contributed by atoms with E-state index < -0.39 is 6.04 Å². The summed E-state index contributed by atoms with van der Waals surface area (Å²) in [5.41, 5.74) is 9.81. The second-order valence-electron chi connectivity index (χ2n) is 9.67. The van der Waals surface area contributed by atoms with E-state index >= 15 is 0 Å². The number of aryl methyl sites for hydroxylation is 1. The van der Waals surface area contributed by atoms with Crippen LogP contribution in [-0.4, -0.2) is 38.1 Å². The number of hydrogen-bond acceptors (Lipinski definition) is 4. The molecule has 0 saturated carbocycles. The van der Waals surface area contributed by atoms with Gasteiger partial charge >= 0.3 is 0 Å². The van der Waals surface area contributed by atoms with Crippen LogP contribution in [0.5, 0.6) is 0 Å². The van der Waals surface area contributed by atoms with Gasteiger partial charge in [0.1, 0.15) is 5.52 Å². The molecule has 5 aromatic rings. The molecule has 1 atom stereocenters. The number of para-hydroxylation sites is 1. The number of carbonyl (C=O) groups excluding carboxylic acids is 1. The van der Waals surface area contributed by atoms with Crippen LogP contribution < -0.4 is 11.3 Å². The average molecular weight is 508 g/mol. The van der Waals surface area contributed by atoms with Crippen LogP contribution in [0.2, 0.25) is 0 Å². The lowest BCUT2D eigenvalue weighted by atomic mass is 10.1. The van der Waals surface area contributed by atoms with E-state index in [1.165, 1.54) is 0 Å². The van der Waals surface area contributed by atoms with Crippen molar-refractivity contribution in [3.63, 3.8) is 0 Å². The molecule has 0 fully saturated rings. The fraction of sp³-hybridized carbons (Fsp3) is 0.258. The Morgan fingerprint density at radius 2 is 1.68 bits per heavy atom. The zero-order valence-corrected chi connectivity index (χ0v) is 21.9. The summed E-state index contributed by atoms with van der Waals surface area (Å²) in [6, 6.07) is 26.8. The molecular weight excluding hydrogens is 474 g/mol. The minimum Gasteiger partial charge on any atom is -0.330 e. The molecule has 0 aliphatic heterocycles. The normalized spacial score (nSPS) is 12.2. The smallest absolute Gasteiger partial charge is 0.278 e. The number of nitrogens with two attached hydrogens (primary N) is 1. The van der Waals surface area contributed by atoms with E-state index in [0.29, 0.717) is 49.4 Å². The van der Waals surface area contributed by atoms with Gasteiger partial charge in [0.15, 0.2) is 5.82 Å². The molecule has 7 heteroatoms. The number of hydrogen-bond donors (Lipinski definition) is 1. The van der Waals surface area contributed by atoms with Crippen LogP contribution in [-0.2, 0) is 6.54 Å². The number of aromatic nitrogens is 3. The lowest BCUT2D eigenvalue weighted by Crippen LogP contribution is -2.40. The van der Waals surface area contributed by atoms with Gasteiger partial charge in [0.2, 0.25) is 0 Å². The fourth-order valence-electron chi connectivity index (χ4n) is 5.03. The summed E-state index contributed by atoms with van der Waals surface area (Å²) < 4.78 is 3.46. The molecule has 0 aliphatic rings. The predicted octanol–water partition coefficient (Wildman–Crippen LogP) is 4.95. The highest BCUT2D eigenvalue weighted by atomic mass is 16.2. The molecule has 2 N–H and O–H groups in total. The summed E-state index contributed by atoms with van der Waals surface area (Å²) in [6.07, 6.45) is 1.24. The van der Waals surface area contributed by atoms with Crippen LogP contribution in [0.4, 0.5) is 0 Å². The summed E-state index contributed by atoms with van der Waals surface area (Å²) in [5.74, 6) is 0.468. The lowest BCUT2D eigenvalue weighted by molar-refractivity contribution is 0.0654. The Bertz CT molecular complexity index is 1620. The highest BCUT2D eigenvalue weighted by Crippen LogP contribution is 2.27. The Balaban J connectivity index is 1.71. The average Bonchev–Trinajstić information content (AvgIpc) is 3.32. The van der Waals surface area contributed by atoms with Gasteiger partial charge in [0, 0.05) is 17.5 Å². The lowest BCUT2D eigenvalue weighted by Gasteiger charge is -2.32. The van der Waals surface area contributed by atoms with Gasteiger partial charge in [0.25, 0.3) is 11.5 Å². The quantitative estimate of drug-likeness (QED) is 0.306. The molecule has 7 nitrogen and oxygen atoms in total. The van der Waals surface area contributed by atoms with E-state index in [1.54, 1.807) is 9.08 Å². The Hall–Kier alpha value is -4.23. The first kappa shape index (κ1) is 25.4. The van der Waals surface area contributed by atoms with E-state index in [4.69, 9.17) is 10.8 Å². The molecule has 0 aliphatic carbocycles. The molecule has 0 bridgehead atoms. The molecule has 5 rings (SSSR count). The number of benzene rings is 3. The van der Waals surface area contributed by atoms with Crippen molar-refractivity contribution in [2.24, 2.45) is 5.73 Å². The standard InChI is InChI=1S/C31H33N5O2/c1-3-26(34(19-9-18-32)30(37)24-16-14-22(2)15-17-24)29-33-36-27-13-8-7-12-25(27)20-28(36)31(38)35(29)21-23-10-5-4-6-11-23/h4-8,10-17,20,26H,3,9,18-19,21,32H2,1-2H3. The highest BCUT2D eigenvalue weighted by molar-refractivity contribution is 5.94. The van der Waals surface area contributed by atoms with Gasteiger partial charge in [-0.05, 0) is 56.1 Å². The molecule has 2 aromatic heterocycles. The maximum absolute atomic E-state index is 14.0. The zero-order valence-electron chi connectivity index (χ0n) is 21.9. The van der Waals surface area contributed by atoms with Crippen LogP contribution in [0.15, 0.2) is 89.7 Å². The topological polar surface area (TPSA) is 85.6 Å². The Morgan fingerprint density at radius 1 is 0.974 bits per heavy atom. The number of fused-ring (bicyclic) bond motifs is 3. The van der Waals surface area contributed by atoms with Crippen molar-refractivity contribution in [1.82, 2.24) is 19.1 Å². The van der Waals surface area contributed by atoms with E-state index in [9.17, 15) is 9.59 Å². The molecule has 0 spiro atoms. The summed E-state index contributed by atoms with van der Waals surface area (Å²) in [7, 11) is 0. The van der Waals surface area contributed by atoms with Gasteiger partial charge in [0.05, 0.1) is 18.1 Å². The Kier molecular flexibility index (Phi) is 7.38. The molecule has 1 unspecified atom stereocenters. The highest BCUT2D eigenvalue weighted by Gasteiger charge is 2.29. The first-order valence-electron chi connectivity index (χ1n) is 13.1. The first-order valence-corrected chi connectivity index (χ1v) is 13.1. The fourth-order valence-corrected chi connectivity index (χ4v) is 5.03. The second kappa shape index (κ2) is 11.0.